The number of aromatic nitrogens is 2. The number of rotatable bonds is 5. The maximum atomic E-state index is 4.37. The zero-order chi connectivity index (χ0) is 14.0. The number of hydrogen-bond acceptors (Lipinski definition) is 5. The number of hydrogen-bond donors (Lipinski definition) is 1. The van der Waals surface area contributed by atoms with Crippen molar-refractivity contribution in [3.63, 3.8) is 0 Å². The maximum Gasteiger partial charge on any atom is 0.138 e. The summed E-state index contributed by atoms with van der Waals surface area (Å²) in [5.74, 6) is 0.946. The molecule has 0 radical (unpaired) electrons. The minimum atomic E-state index is 0.200. The zero-order valence-corrected chi connectivity index (χ0v) is 13.1. The summed E-state index contributed by atoms with van der Waals surface area (Å²) >= 11 is 1.71. The Morgan fingerprint density at radius 1 is 1.32 bits per heavy atom. The molecule has 2 aromatic heterocycles. The SMILES string of the molecule is Cc1cc2c(NCC(C)(C)CN(C)C)ncnc2s1. The van der Waals surface area contributed by atoms with E-state index in [1.807, 2.05) is 0 Å². The van der Waals surface area contributed by atoms with Crippen LogP contribution < -0.4 is 5.32 Å². The Morgan fingerprint density at radius 2 is 2.05 bits per heavy atom. The Bertz CT molecular complexity index is 560. The van der Waals surface area contributed by atoms with E-state index in [0.29, 0.717) is 0 Å². The molecule has 2 aromatic rings. The fraction of sp³-hybridized carbons (Fsp3) is 0.571. The van der Waals surface area contributed by atoms with Crippen molar-refractivity contribution in [1.29, 1.82) is 0 Å². The minimum Gasteiger partial charge on any atom is -0.369 e. The fourth-order valence-corrected chi connectivity index (χ4v) is 3.20. The van der Waals surface area contributed by atoms with Crippen LogP contribution >= 0.6 is 11.3 Å². The molecule has 2 heterocycles. The predicted molar refractivity (Wildman–Crippen MR) is 83.0 cm³/mol. The van der Waals surface area contributed by atoms with Crippen LogP contribution in [0.25, 0.3) is 10.2 Å². The van der Waals surface area contributed by atoms with Gasteiger partial charge < -0.3 is 10.2 Å². The fourth-order valence-electron chi connectivity index (χ4n) is 2.35. The van der Waals surface area contributed by atoms with Gasteiger partial charge in [-0.3, -0.25) is 0 Å². The van der Waals surface area contributed by atoms with Gasteiger partial charge in [0, 0.05) is 18.0 Å². The van der Waals surface area contributed by atoms with E-state index < -0.39 is 0 Å². The van der Waals surface area contributed by atoms with Gasteiger partial charge in [-0.2, -0.15) is 0 Å². The van der Waals surface area contributed by atoms with Gasteiger partial charge in [-0.25, -0.2) is 9.97 Å². The Morgan fingerprint density at radius 3 is 2.74 bits per heavy atom. The first-order valence-corrected chi connectivity index (χ1v) is 7.29. The number of fused-ring (bicyclic) bond motifs is 1. The highest BCUT2D eigenvalue weighted by atomic mass is 32.1. The molecule has 5 heteroatoms. The molecule has 0 aliphatic heterocycles. The summed E-state index contributed by atoms with van der Waals surface area (Å²) in [7, 11) is 4.21. The van der Waals surface area contributed by atoms with E-state index in [9.17, 15) is 0 Å². The molecule has 1 N–H and O–H groups in total. The lowest BCUT2D eigenvalue weighted by Gasteiger charge is -2.28. The number of thiophene rings is 1. The topological polar surface area (TPSA) is 41.0 Å². The highest BCUT2D eigenvalue weighted by Crippen LogP contribution is 2.28. The van der Waals surface area contributed by atoms with Gasteiger partial charge in [0.05, 0.1) is 5.39 Å². The Balaban J connectivity index is 2.13. The van der Waals surface area contributed by atoms with Crippen molar-refractivity contribution in [3.05, 3.63) is 17.3 Å². The number of nitrogens with zero attached hydrogens (tertiary/aromatic N) is 3. The second kappa shape index (κ2) is 5.43. The summed E-state index contributed by atoms with van der Waals surface area (Å²) in [4.78, 5) is 13.2. The third-order valence-corrected chi connectivity index (χ3v) is 3.89. The van der Waals surface area contributed by atoms with E-state index in [0.717, 1.165) is 29.1 Å². The minimum absolute atomic E-state index is 0.200. The Labute approximate surface area is 118 Å². The van der Waals surface area contributed by atoms with Crippen LogP contribution in [0.5, 0.6) is 0 Å². The van der Waals surface area contributed by atoms with Crippen molar-refractivity contribution < 1.29 is 0 Å². The monoisotopic (exact) mass is 278 g/mol. The number of aryl methyl sites for hydroxylation is 1. The van der Waals surface area contributed by atoms with Crippen LogP contribution in [0.15, 0.2) is 12.4 Å². The van der Waals surface area contributed by atoms with Gasteiger partial charge in [-0.15, -0.1) is 11.3 Å². The van der Waals surface area contributed by atoms with Crippen LogP contribution in [0, 0.1) is 12.3 Å². The Hall–Kier alpha value is -1.20. The average molecular weight is 278 g/mol. The third kappa shape index (κ3) is 3.64. The number of anilines is 1. The van der Waals surface area contributed by atoms with E-state index in [1.54, 1.807) is 17.7 Å². The van der Waals surface area contributed by atoms with E-state index in [-0.39, 0.29) is 5.41 Å². The standard InChI is InChI=1S/C14H22N4S/c1-10-6-11-12(16-9-17-13(11)19-10)15-7-14(2,3)8-18(4)5/h6,9H,7-8H2,1-5H3,(H,15,16,17). The summed E-state index contributed by atoms with van der Waals surface area (Å²) in [6.45, 7) is 8.56. The van der Waals surface area contributed by atoms with Crippen LogP contribution in [0.1, 0.15) is 18.7 Å². The molecule has 0 saturated heterocycles. The molecule has 4 nitrogen and oxygen atoms in total. The molecule has 19 heavy (non-hydrogen) atoms. The summed E-state index contributed by atoms with van der Waals surface area (Å²) in [5.41, 5.74) is 0.200. The first-order chi connectivity index (χ1) is 8.87. The van der Waals surface area contributed by atoms with Crippen molar-refractivity contribution >= 4 is 27.4 Å². The normalized spacial score (nSPS) is 12.3. The van der Waals surface area contributed by atoms with Crippen LogP contribution in [-0.2, 0) is 0 Å². The molecule has 0 atom stereocenters. The molecule has 0 unspecified atom stereocenters. The van der Waals surface area contributed by atoms with E-state index in [4.69, 9.17) is 0 Å². The van der Waals surface area contributed by atoms with Crippen LogP contribution in [0.3, 0.4) is 0 Å². The Kier molecular flexibility index (Phi) is 4.06. The molecule has 0 saturated carbocycles. The van der Waals surface area contributed by atoms with Gasteiger partial charge in [0.25, 0.3) is 0 Å². The van der Waals surface area contributed by atoms with Gasteiger partial charge in [0.2, 0.25) is 0 Å². The summed E-state index contributed by atoms with van der Waals surface area (Å²) < 4.78 is 0. The number of nitrogens with one attached hydrogen (secondary N) is 1. The van der Waals surface area contributed by atoms with Crippen molar-refractivity contribution in [2.24, 2.45) is 5.41 Å². The summed E-state index contributed by atoms with van der Waals surface area (Å²) in [6.07, 6.45) is 1.64. The molecule has 0 amide bonds. The van der Waals surface area contributed by atoms with Gasteiger partial charge in [-0.05, 0) is 32.5 Å². The molecular weight excluding hydrogens is 256 g/mol. The second-order valence-corrected chi connectivity index (χ2v) is 7.29. The molecule has 0 spiro atoms. The second-order valence-electron chi connectivity index (χ2n) is 6.05. The largest absolute Gasteiger partial charge is 0.369 e. The molecular formula is C14H22N4S. The molecule has 0 aromatic carbocycles. The molecule has 0 aliphatic rings. The highest BCUT2D eigenvalue weighted by Gasteiger charge is 2.19. The molecule has 2 rings (SSSR count). The lowest BCUT2D eigenvalue weighted by molar-refractivity contribution is 0.254. The molecule has 104 valence electrons. The zero-order valence-electron chi connectivity index (χ0n) is 12.3. The summed E-state index contributed by atoms with van der Waals surface area (Å²) in [5, 5.41) is 4.61. The highest BCUT2D eigenvalue weighted by molar-refractivity contribution is 7.18. The average Bonchev–Trinajstić information content (AvgIpc) is 2.65. The molecule has 0 fully saturated rings. The smallest absolute Gasteiger partial charge is 0.138 e. The van der Waals surface area contributed by atoms with Crippen LogP contribution in [-0.4, -0.2) is 42.1 Å². The third-order valence-electron chi connectivity index (χ3n) is 2.93. The van der Waals surface area contributed by atoms with Gasteiger partial charge in [0.1, 0.15) is 17.0 Å². The van der Waals surface area contributed by atoms with Crippen molar-refractivity contribution in [1.82, 2.24) is 14.9 Å². The van der Waals surface area contributed by atoms with Crippen molar-refractivity contribution in [2.75, 3.05) is 32.5 Å². The van der Waals surface area contributed by atoms with E-state index >= 15 is 0 Å². The lowest BCUT2D eigenvalue weighted by Crippen LogP contribution is -2.34. The molecule has 0 aliphatic carbocycles. The van der Waals surface area contributed by atoms with Gasteiger partial charge in [-0.1, -0.05) is 13.8 Å². The predicted octanol–water partition coefficient (Wildman–Crippen LogP) is 3.00. The first-order valence-electron chi connectivity index (χ1n) is 6.47. The van der Waals surface area contributed by atoms with Crippen LogP contribution in [0.4, 0.5) is 5.82 Å². The maximum absolute atomic E-state index is 4.37. The van der Waals surface area contributed by atoms with E-state index in [2.05, 4.69) is 61.1 Å². The van der Waals surface area contributed by atoms with Crippen molar-refractivity contribution in [2.45, 2.75) is 20.8 Å². The van der Waals surface area contributed by atoms with Gasteiger partial charge >= 0.3 is 0 Å². The summed E-state index contributed by atoms with van der Waals surface area (Å²) in [6, 6.07) is 2.15. The van der Waals surface area contributed by atoms with Crippen LogP contribution in [0.2, 0.25) is 0 Å². The first kappa shape index (κ1) is 14.2. The lowest BCUT2D eigenvalue weighted by atomic mass is 9.93. The quantitative estimate of drug-likeness (QED) is 0.913. The molecule has 0 bridgehead atoms. The van der Waals surface area contributed by atoms with Crippen molar-refractivity contribution in [3.8, 4) is 0 Å². The van der Waals surface area contributed by atoms with Gasteiger partial charge in [0.15, 0.2) is 0 Å². The van der Waals surface area contributed by atoms with E-state index in [1.165, 1.54) is 4.88 Å².